The van der Waals surface area contributed by atoms with E-state index in [0.29, 0.717) is 0 Å². The van der Waals surface area contributed by atoms with Crippen LogP contribution in [-0.2, 0) is 6.42 Å². The number of ether oxygens (including phenoxy) is 1. The summed E-state index contributed by atoms with van der Waals surface area (Å²) in [5.74, 6) is 1.77. The van der Waals surface area contributed by atoms with Crippen molar-refractivity contribution >= 4 is 15.9 Å². The summed E-state index contributed by atoms with van der Waals surface area (Å²) in [7, 11) is 0. The Morgan fingerprint density at radius 2 is 1.81 bits per heavy atom. The number of benzene rings is 2. The molecule has 0 saturated heterocycles. The Morgan fingerprint density at radius 1 is 1.10 bits per heavy atom. The fourth-order valence-electron chi connectivity index (χ4n) is 2.29. The van der Waals surface area contributed by atoms with Crippen molar-refractivity contribution in [2.75, 3.05) is 6.54 Å². The zero-order valence-electron chi connectivity index (χ0n) is 12.8. The first-order valence-corrected chi connectivity index (χ1v) is 8.23. The van der Waals surface area contributed by atoms with E-state index in [4.69, 9.17) is 4.74 Å². The van der Waals surface area contributed by atoms with E-state index in [0.717, 1.165) is 34.5 Å². The zero-order chi connectivity index (χ0) is 15.2. The highest BCUT2D eigenvalue weighted by Gasteiger charge is 2.12. The number of hydrogen-bond acceptors (Lipinski definition) is 2. The maximum atomic E-state index is 6.07. The van der Waals surface area contributed by atoms with Crippen molar-refractivity contribution in [1.82, 2.24) is 5.32 Å². The molecule has 1 unspecified atom stereocenters. The van der Waals surface area contributed by atoms with Crippen molar-refractivity contribution in [1.29, 1.82) is 0 Å². The molecule has 0 spiro atoms. The maximum absolute atomic E-state index is 6.07. The molecule has 2 aromatic rings. The van der Waals surface area contributed by atoms with Crippen LogP contribution in [0.2, 0.25) is 0 Å². The van der Waals surface area contributed by atoms with Crippen LogP contribution >= 0.6 is 15.9 Å². The highest BCUT2D eigenvalue weighted by Crippen LogP contribution is 2.32. The molecule has 0 saturated carbocycles. The fourth-order valence-corrected chi connectivity index (χ4v) is 2.67. The third-order valence-electron chi connectivity index (χ3n) is 3.51. The summed E-state index contributed by atoms with van der Waals surface area (Å²) in [6.07, 6.45) is 1.04. The van der Waals surface area contributed by atoms with Crippen molar-refractivity contribution in [2.24, 2.45) is 0 Å². The van der Waals surface area contributed by atoms with Gasteiger partial charge in [0.05, 0.1) is 0 Å². The number of hydrogen-bond donors (Lipinski definition) is 1. The van der Waals surface area contributed by atoms with Gasteiger partial charge >= 0.3 is 0 Å². The van der Waals surface area contributed by atoms with E-state index in [-0.39, 0.29) is 6.04 Å². The van der Waals surface area contributed by atoms with Crippen LogP contribution in [0.1, 0.15) is 37.9 Å². The van der Waals surface area contributed by atoms with E-state index in [1.807, 2.05) is 24.3 Å². The first-order valence-electron chi connectivity index (χ1n) is 7.43. The number of nitrogens with one attached hydrogen (secondary N) is 1. The molecule has 112 valence electrons. The summed E-state index contributed by atoms with van der Waals surface area (Å²) in [4.78, 5) is 0. The standard InChI is InChI=1S/C18H22BrNO/c1-4-14-6-9-16(10-7-14)21-18-11-8-15(19)12-17(18)13(3)20-5-2/h6-13,20H,4-5H2,1-3H3. The van der Waals surface area contributed by atoms with Crippen molar-refractivity contribution in [3.05, 3.63) is 58.1 Å². The second-order valence-electron chi connectivity index (χ2n) is 5.06. The van der Waals surface area contributed by atoms with Gasteiger partial charge in [-0.1, -0.05) is 41.9 Å². The van der Waals surface area contributed by atoms with Gasteiger partial charge in [0.15, 0.2) is 0 Å². The van der Waals surface area contributed by atoms with Crippen molar-refractivity contribution in [3.8, 4) is 11.5 Å². The normalized spacial score (nSPS) is 12.2. The minimum atomic E-state index is 0.248. The summed E-state index contributed by atoms with van der Waals surface area (Å²) in [5, 5.41) is 3.43. The lowest BCUT2D eigenvalue weighted by Gasteiger charge is -2.18. The summed E-state index contributed by atoms with van der Waals surface area (Å²) in [5.41, 5.74) is 2.48. The average Bonchev–Trinajstić information content (AvgIpc) is 2.50. The van der Waals surface area contributed by atoms with Gasteiger partial charge < -0.3 is 10.1 Å². The van der Waals surface area contributed by atoms with E-state index < -0.39 is 0 Å². The Balaban J connectivity index is 2.25. The van der Waals surface area contributed by atoms with Gasteiger partial charge in [-0.2, -0.15) is 0 Å². The summed E-state index contributed by atoms with van der Waals surface area (Å²) >= 11 is 3.54. The first kappa shape index (κ1) is 16.1. The Hall–Kier alpha value is -1.32. The van der Waals surface area contributed by atoms with Gasteiger partial charge in [0, 0.05) is 16.1 Å². The van der Waals surface area contributed by atoms with Gasteiger partial charge in [-0.05, 0) is 55.8 Å². The smallest absolute Gasteiger partial charge is 0.132 e. The molecule has 2 rings (SSSR count). The highest BCUT2D eigenvalue weighted by molar-refractivity contribution is 9.10. The van der Waals surface area contributed by atoms with Gasteiger partial charge in [-0.3, -0.25) is 0 Å². The molecule has 21 heavy (non-hydrogen) atoms. The Morgan fingerprint density at radius 3 is 2.43 bits per heavy atom. The molecule has 0 aliphatic carbocycles. The monoisotopic (exact) mass is 347 g/mol. The molecule has 3 heteroatoms. The van der Waals surface area contributed by atoms with Crippen LogP contribution in [0.15, 0.2) is 46.9 Å². The molecule has 0 amide bonds. The van der Waals surface area contributed by atoms with Gasteiger partial charge in [0.2, 0.25) is 0 Å². The van der Waals surface area contributed by atoms with E-state index in [1.165, 1.54) is 5.56 Å². The SMILES string of the molecule is CCNC(C)c1cc(Br)ccc1Oc1ccc(CC)cc1. The predicted molar refractivity (Wildman–Crippen MR) is 92.1 cm³/mol. The molecule has 0 heterocycles. The topological polar surface area (TPSA) is 21.3 Å². The molecule has 0 bridgehead atoms. The molecule has 2 nitrogen and oxygen atoms in total. The van der Waals surface area contributed by atoms with E-state index >= 15 is 0 Å². The first-order chi connectivity index (χ1) is 10.1. The lowest BCUT2D eigenvalue weighted by molar-refractivity contribution is 0.462. The van der Waals surface area contributed by atoms with Crippen molar-refractivity contribution in [2.45, 2.75) is 33.2 Å². The van der Waals surface area contributed by atoms with Crippen LogP contribution in [0.4, 0.5) is 0 Å². The molecule has 0 aromatic heterocycles. The predicted octanol–water partition coefficient (Wildman–Crippen LogP) is 5.47. The third kappa shape index (κ3) is 4.32. The van der Waals surface area contributed by atoms with Gasteiger partial charge in [-0.25, -0.2) is 0 Å². The number of halogens is 1. The van der Waals surface area contributed by atoms with Crippen LogP contribution in [0.3, 0.4) is 0 Å². The second-order valence-corrected chi connectivity index (χ2v) is 5.98. The molecule has 0 aliphatic heterocycles. The molecular weight excluding hydrogens is 326 g/mol. The van der Waals surface area contributed by atoms with Crippen LogP contribution in [0, 0.1) is 0 Å². The van der Waals surface area contributed by atoms with Crippen LogP contribution in [0.5, 0.6) is 11.5 Å². The largest absolute Gasteiger partial charge is 0.457 e. The van der Waals surface area contributed by atoms with Gasteiger partial charge in [0.1, 0.15) is 11.5 Å². The molecule has 0 aliphatic rings. The molecule has 1 N–H and O–H groups in total. The van der Waals surface area contributed by atoms with E-state index in [1.54, 1.807) is 0 Å². The van der Waals surface area contributed by atoms with Crippen molar-refractivity contribution in [3.63, 3.8) is 0 Å². The Kier molecular flexibility index (Phi) is 5.83. The number of rotatable bonds is 6. The van der Waals surface area contributed by atoms with Crippen LogP contribution in [0.25, 0.3) is 0 Å². The summed E-state index contributed by atoms with van der Waals surface area (Å²) < 4.78 is 7.14. The second kappa shape index (κ2) is 7.62. The summed E-state index contributed by atoms with van der Waals surface area (Å²) in [6.45, 7) is 7.34. The summed E-state index contributed by atoms with van der Waals surface area (Å²) in [6, 6.07) is 14.7. The Labute approximate surface area is 135 Å². The maximum Gasteiger partial charge on any atom is 0.132 e. The van der Waals surface area contributed by atoms with Crippen molar-refractivity contribution < 1.29 is 4.74 Å². The van der Waals surface area contributed by atoms with Crippen LogP contribution < -0.4 is 10.1 Å². The lowest BCUT2D eigenvalue weighted by atomic mass is 10.1. The van der Waals surface area contributed by atoms with E-state index in [9.17, 15) is 0 Å². The molecule has 0 fully saturated rings. The molecule has 1 atom stereocenters. The van der Waals surface area contributed by atoms with Crippen LogP contribution in [-0.4, -0.2) is 6.54 Å². The van der Waals surface area contributed by atoms with Gasteiger partial charge in [0.25, 0.3) is 0 Å². The quantitative estimate of drug-likeness (QED) is 0.747. The Bertz CT molecular complexity index is 580. The van der Waals surface area contributed by atoms with E-state index in [2.05, 4.69) is 60.2 Å². The fraction of sp³-hybridized carbons (Fsp3) is 0.333. The third-order valence-corrected chi connectivity index (χ3v) is 4.00. The molecule has 2 aromatic carbocycles. The number of aryl methyl sites for hydroxylation is 1. The minimum Gasteiger partial charge on any atom is -0.457 e. The average molecular weight is 348 g/mol. The van der Waals surface area contributed by atoms with Gasteiger partial charge in [-0.15, -0.1) is 0 Å². The molecule has 0 radical (unpaired) electrons. The lowest BCUT2D eigenvalue weighted by Crippen LogP contribution is -2.18. The highest BCUT2D eigenvalue weighted by atomic mass is 79.9. The zero-order valence-corrected chi connectivity index (χ0v) is 14.4. The molecular formula is C18H22BrNO. The minimum absolute atomic E-state index is 0.248.